The van der Waals surface area contributed by atoms with E-state index in [0.29, 0.717) is 0 Å². The number of fused-ring (bicyclic) bond motifs is 5. The Kier molecular flexibility index (Phi) is 4.39. The third kappa shape index (κ3) is 2.87. The minimum atomic E-state index is 0.947. The third-order valence-electron chi connectivity index (χ3n) is 9.04. The van der Waals surface area contributed by atoms with Crippen LogP contribution >= 0.6 is 11.3 Å². The number of furan rings is 1. The summed E-state index contributed by atoms with van der Waals surface area (Å²) in [6.07, 6.45) is 0. The van der Waals surface area contributed by atoms with Crippen LogP contribution < -0.4 is 0 Å². The average molecular weight is 551 g/mol. The second kappa shape index (κ2) is 8.19. The molecule has 194 valence electrons. The topological polar surface area (TPSA) is 13.1 Å². The SMILES string of the molecule is c1cc2ccc3c(-c4c5ccccc5c(-c5cccc6c5sc5ccccc56)c5ccccc45)ccc4oc(c1)c2c43. The van der Waals surface area contributed by atoms with Gasteiger partial charge in [-0.05, 0) is 73.3 Å². The summed E-state index contributed by atoms with van der Waals surface area (Å²) in [5.41, 5.74) is 7.03. The summed E-state index contributed by atoms with van der Waals surface area (Å²) >= 11 is 1.90. The van der Waals surface area contributed by atoms with E-state index in [4.69, 9.17) is 4.42 Å². The monoisotopic (exact) mass is 550 g/mol. The zero-order valence-corrected chi connectivity index (χ0v) is 23.3. The van der Waals surface area contributed by atoms with Gasteiger partial charge >= 0.3 is 0 Å². The molecule has 0 aliphatic carbocycles. The van der Waals surface area contributed by atoms with Crippen molar-refractivity contribution in [1.82, 2.24) is 0 Å². The Balaban J connectivity index is 1.38. The van der Waals surface area contributed by atoms with Crippen LogP contribution in [-0.4, -0.2) is 0 Å². The molecule has 8 aromatic carbocycles. The molecule has 2 heterocycles. The Morgan fingerprint density at radius 1 is 0.381 bits per heavy atom. The number of thiophene rings is 1. The van der Waals surface area contributed by atoms with E-state index in [2.05, 4.69) is 133 Å². The van der Waals surface area contributed by atoms with Crippen molar-refractivity contribution in [3.8, 4) is 22.3 Å². The fourth-order valence-electron chi connectivity index (χ4n) is 7.32. The van der Waals surface area contributed by atoms with Crippen LogP contribution in [0.15, 0.2) is 138 Å². The van der Waals surface area contributed by atoms with E-state index >= 15 is 0 Å². The maximum absolute atomic E-state index is 6.32. The highest BCUT2D eigenvalue weighted by Crippen LogP contribution is 2.49. The Morgan fingerprint density at radius 2 is 1.00 bits per heavy atom. The van der Waals surface area contributed by atoms with E-state index in [-0.39, 0.29) is 0 Å². The van der Waals surface area contributed by atoms with Gasteiger partial charge in [0.2, 0.25) is 0 Å². The Morgan fingerprint density at radius 3 is 1.76 bits per heavy atom. The van der Waals surface area contributed by atoms with Gasteiger partial charge in [0.25, 0.3) is 0 Å². The molecule has 10 aromatic rings. The van der Waals surface area contributed by atoms with Gasteiger partial charge in [-0.15, -0.1) is 11.3 Å². The predicted octanol–water partition coefficient (Wildman–Crippen LogP) is 12.2. The van der Waals surface area contributed by atoms with Crippen LogP contribution in [0.1, 0.15) is 0 Å². The van der Waals surface area contributed by atoms with E-state index in [1.165, 1.54) is 85.5 Å². The molecule has 0 N–H and O–H groups in total. The molecule has 1 nitrogen and oxygen atoms in total. The summed E-state index contributed by atoms with van der Waals surface area (Å²) in [4.78, 5) is 0. The van der Waals surface area contributed by atoms with E-state index in [0.717, 1.165) is 11.2 Å². The van der Waals surface area contributed by atoms with Crippen LogP contribution in [0.25, 0.3) is 96.7 Å². The van der Waals surface area contributed by atoms with Gasteiger partial charge in [-0.1, -0.05) is 109 Å². The zero-order chi connectivity index (χ0) is 27.4. The molecule has 2 aromatic heterocycles. The smallest absolute Gasteiger partial charge is 0.136 e. The molecule has 0 fully saturated rings. The minimum absolute atomic E-state index is 0.947. The maximum atomic E-state index is 6.32. The minimum Gasteiger partial charge on any atom is -0.456 e. The summed E-state index contributed by atoms with van der Waals surface area (Å²) in [6, 6.07) is 48.8. The summed E-state index contributed by atoms with van der Waals surface area (Å²) in [5.74, 6) is 0. The van der Waals surface area contributed by atoms with Gasteiger partial charge in [0, 0.05) is 36.5 Å². The van der Waals surface area contributed by atoms with Crippen LogP contribution in [0.5, 0.6) is 0 Å². The van der Waals surface area contributed by atoms with Crippen molar-refractivity contribution in [3.05, 3.63) is 133 Å². The van der Waals surface area contributed by atoms with Crippen molar-refractivity contribution in [2.75, 3.05) is 0 Å². The highest BCUT2D eigenvalue weighted by atomic mass is 32.1. The number of hydrogen-bond donors (Lipinski definition) is 0. The van der Waals surface area contributed by atoms with Crippen molar-refractivity contribution < 1.29 is 4.42 Å². The highest BCUT2D eigenvalue weighted by Gasteiger charge is 2.22. The lowest BCUT2D eigenvalue weighted by molar-refractivity contribution is 0.669. The molecule has 0 atom stereocenters. The molecule has 42 heavy (non-hydrogen) atoms. The Bertz CT molecular complexity index is 2630. The molecule has 0 unspecified atom stereocenters. The van der Waals surface area contributed by atoms with Gasteiger partial charge in [0.1, 0.15) is 11.2 Å². The lowest BCUT2D eigenvalue weighted by Gasteiger charge is -2.19. The van der Waals surface area contributed by atoms with E-state index < -0.39 is 0 Å². The van der Waals surface area contributed by atoms with Crippen molar-refractivity contribution in [2.24, 2.45) is 0 Å². The van der Waals surface area contributed by atoms with Crippen LogP contribution in [0.2, 0.25) is 0 Å². The molecule has 0 radical (unpaired) electrons. The van der Waals surface area contributed by atoms with E-state index in [9.17, 15) is 0 Å². The second-order valence-electron chi connectivity index (χ2n) is 11.2. The number of benzene rings is 8. The van der Waals surface area contributed by atoms with Gasteiger partial charge in [0.05, 0.1) is 0 Å². The lowest BCUT2D eigenvalue weighted by Crippen LogP contribution is -1.92. The molecule has 0 spiro atoms. The van der Waals surface area contributed by atoms with Gasteiger partial charge in [-0.25, -0.2) is 0 Å². The first-order valence-corrected chi connectivity index (χ1v) is 15.2. The van der Waals surface area contributed by atoms with Crippen molar-refractivity contribution in [2.45, 2.75) is 0 Å². The maximum Gasteiger partial charge on any atom is 0.136 e. The molecule has 0 aliphatic rings. The first-order chi connectivity index (χ1) is 20.8. The molecule has 10 rings (SSSR count). The molecule has 0 saturated carbocycles. The zero-order valence-electron chi connectivity index (χ0n) is 22.5. The van der Waals surface area contributed by atoms with Crippen LogP contribution in [0, 0.1) is 0 Å². The molecule has 0 saturated heterocycles. The van der Waals surface area contributed by atoms with Crippen LogP contribution in [-0.2, 0) is 0 Å². The first-order valence-electron chi connectivity index (χ1n) is 14.4. The van der Waals surface area contributed by atoms with E-state index in [1.54, 1.807) is 0 Å². The fourth-order valence-corrected chi connectivity index (χ4v) is 8.54. The van der Waals surface area contributed by atoms with Gasteiger partial charge in [-0.2, -0.15) is 0 Å². The van der Waals surface area contributed by atoms with Gasteiger partial charge in [-0.3, -0.25) is 0 Å². The molecular weight excluding hydrogens is 529 g/mol. The highest BCUT2D eigenvalue weighted by molar-refractivity contribution is 7.26. The normalized spacial score (nSPS) is 12.3. The summed E-state index contributed by atoms with van der Waals surface area (Å²) < 4.78 is 9.00. The summed E-state index contributed by atoms with van der Waals surface area (Å²) in [6.45, 7) is 0. The van der Waals surface area contributed by atoms with E-state index in [1.807, 2.05) is 11.3 Å². The van der Waals surface area contributed by atoms with Crippen molar-refractivity contribution in [3.63, 3.8) is 0 Å². The molecule has 0 amide bonds. The van der Waals surface area contributed by atoms with Crippen molar-refractivity contribution >= 4 is 85.8 Å². The largest absolute Gasteiger partial charge is 0.456 e. The number of hydrogen-bond acceptors (Lipinski definition) is 2. The molecule has 0 bridgehead atoms. The van der Waals surface area contributed by atoms with Crippen molar-refractivity contribution in [1.29, 1.82) is 0 Å². The first kappa shape index (κ1) is 22.5. The Hall–Kier alpha value is -5.18. The fraction of sp³-hybridized carbons (Fsp3) is 0. The quantitative estimate of drug-likeness (QED) is 0.154. The standard InChI is InChI=1S/C40H22OS/c1-3-13-27-25(11-1)37(29-21-22-34-39-30(29)20-19-23-9-7-17-33(41-34)36(23)39)26-12-2-4-14-28(26)38(27)32-16-8-15-31-24-10-5-6-18-35(24)42-40(31)32/h1-22H. The van der Waals surface area contributed by atoms with Crippen LogP contribution in [0.4, 0.5) is 0 Å². The second-order valence-corrected chi connectivity index (χ2v) is 12.2. The molecule has 0 aliphatic heterocycles. The number of rotatable bonds is 2. The average Bonchev–Trinajstić information content (AvgIpc) is 3.62. The predicted molar refractivity (Wildman–Crippen MR) is 181 cm³/mol. The molecular formula is C40H22OS. The van der Waals surface area contributed by atoms with Crippen LogP contribution in [0.3, 0.4) is 0 Å². The Labute approximate surface area is 245 Å². The van der Waals surface area contributed by atoms with Gasteiger partial charge in [0.15, 0.2) is 0 Å². The third-order valence-corrected chi connectivity index (χ3v) is 10.3. The lowest BCUT2D eigenvalue weighted by atomic mass is 9.84. The molecule has 2 heteroatoms. The summed E-state index contributed by atoms with van der Waals surface area (Å²) in [7, 11) is 0. The summed E-state index contributed by atoms with van der Waals surface area (Å²) in [5, 5.41) is 12.6. The van der Waals surface area contributed by atoms with Gasteiger partial charge < -0.3 is 4.42 Å².